The molecule has 0 radical (unpaired) electrons. The molecule has 1 fully saturated rings. The van der Waals surface area contributed by atoms with Crippen LogP contribution < -0.4 is 10.7 Å². The quantitative estimate of drug-likeness (QED) is 0.299. The largest absolute Gasteiger partial charge is 0.467 e. The highest BCUT2D eigenvalue weighted by Crippen LogP contribution is 2.27. The smallest absolute Gasteiger partial charge is 0.430 e. The second kappa shape index (κ2) is 8.05. The number of hydrazine groups is 1. The van der Waals surface area contributed by atoms with Gasteiger partial charge in [-0.15, -0.1) is 0 Å². The molecule has 0 saturated carbocycles. The van der Waals surface area contributed by atoms with Gasteiger partial charge in [0.2, 0.25) is 0 Å². The molecule has 1 atom stereocenters. The third kappa shape index (κ3) is 6.21. The van der Waals surface area contributed by atoms with E-state index in [-0.39, 0.29) is 0 Å². The molecule has 1 saturated heterocycles. The number of methoxy groups -OCH3 is 1. The topological polar surface area (TPSA) is 132 Å². The highest BCUT2D eigenvalue weighted by Gasteiger charge is 2.61. The highest BCUT2D eigenvalue weighted by atomic mass is 16.6. The summed E-state index contributed by atoms with van der Waals surface area (Å²) in [4.78, 5) is 50.9. The molecule has 11 heteroatoms. The number of esters is 1. The van der Waals surface area contributed by atoms with Crippen LogP contribution in [0.4, 0.5) is 9.59 Å². The predicted molar refractivity (Wildman–Crippen MR) is 100 cm³/mol. The Morgan fingerprint density at radius 1 is 1.07 bits per heavy atom. The summed E-state index contributed by atoms with van der Waals surface area (Å²) in [5, 5.41) is 2.93. The molecule has 11 nitrogen and oxygen atoms in total. The Bertz CT molecular complexity index is 678. The van der Waals surface area contributed by atoms with E-state index in [0.29, 0.717) is 5.01 Å². The van der Waals surface area contributed by atoms with E-state index in [9.17, 15) is 19.2 Å². The van der Waals surface area contributed by atoms with Crippen molar-refractivity contribution in [2.24, 2.45) is 0 Å². The SMILES string of the molecule is COC(=O)[C@@]1(N(NC(=O)OC(C)(C)C)C(=O)OC(C)(C)C)COC(C)(C)NC1=O. The van der Waals surface area contributed by atoms with Crippen molar-refractivity contribution < 1.29 is 38.1 Å². The molecule has 0 spiro atoms. The van der Waals surface area contributed by atoms with Gasteiger partial charge in [0.05, 0.1) is 13.7 Å². The zero-order valence-electron chi connectivity index (χ0n) is 18.4. The average Bonchev–Trinajstić information content (AvgIpc) is 2.48. The Labute approximate surface area is 170 Å². The molecule has 0 unspecified atom stereocenters. The number of rotatable bonds is 2. The van der Waals surface area contributed by atoms with E-state index in [4.69, 9.17) is 18.9 Å². The van der Waals surface area contributed by atoms with Crippen LogP contribution in [0.2, 0.25) is 0 Å². The van der Waals surface area contributed by atoms with Gasteiger partial charge in [-0.25, -0.2) is 19.8 Å². The van der Waals surface area contributed by atoms with Crippen molar-refractivity contribution in [2.75, 3.05) is 13.7 Å². The van der Waals surface area contributed by atoms with Crippen molar-refractivity contribution in [1.82, 2.24) is 15.8 Å². The summed E-state index contributed by atoms with van der Waals surface area (Å²) in [5.41, 5.74) is -3.25. The van der Waals surface area contributed by atoms with Crippen LogP contribution in [0.5, 0.6) is 0 Å². The van der Waals surface area contributed by atoms with E-state index in [1.807, 2.05) is 0 Å². The first-order valence-electron chi connectivity index (χ1n) is 9.01. The molecule has 166 valence electrons. The maximum Gasteiger partial charge on any atom is 0.430 e. The maximum absolute atomic E-state index is 13.0. The summed E-state index contributed by atoms with van der Waals surface area (Å²) in [6.07, 6.45) is -2.25. The molecule has 0 aliphatic carbocycles. The molecule has 1 aliphatic rings. The van der Waals surface area contributed by atoms with Crippen molar-refractivity contribution in [3.8, 4) is 0 Å². The molecular weight excluding hydrogens is 386 g/mol. The molecule has 0 aromatic carbocycles. The lowest BCUT2D eigenvalue weighted by Crippen LogP contribution is -2.77. The number of nitrogens with one attached hydrogen (secondary N) is 2. The Balaban J connectivity index is 3.44. The van der Waals surface area contributed by atoms with Gasteiger partial charge in [0.25, 0.3) is 11.4 Å². The lowest BCUT2D eigenvalue weighted by molar-refractivity contribution is -0.190. The first-order valence-corrected chi connectivity index (χ1v) is 9.01. The highest BCUT2D eigenvalue weighted by molar-refractivity contribution is 6.10. The van der Waals surface area contributed by atoms with Gasteiger partial charge in [-0.05, 0) is 55.4 Å². The number of hydrogen-bond acceptors (Lipinski definition) is 8. The average molecular weight is 417 g/mol. The summed E-state index contributed by atoms with van der Waals surface area (Å²) in [6, 6.07) is 0. The van der Waals surface area contributed by atoms with Crippen LogP contribution in [-0.4, -0.2) is 65.3 Å². The van der Waals surface area contributed by atoms with Crippen molar-refractivity contribution in [3.05, 3.63) is 0 Å². The third-order valence-electron chi connectivity index (χ3n) is 3.51. The van der Waals surface area contributed by atoms with Crippen LogP contribution in [0, 0.1) is 0 Å². The Hall–Kier alpha value is -2.56. The zero-order chi connectivity index (χ0) is 22.8. The maximum atomic E-state index is 13.0. The zero-order valence-corrected chi connectivity index (χ0v) is 18.4. The van der Waals surface area contributed by atoms with Crippen LogP contribution in [0.1, 0.15) is 55.4 Å². The molecule has 29 heavy (non-hydrogen) atoms. The number of ether oxygens (including phenoxy) is 4. The number of hydrogen-bond donors (Lipinski definition) is 2. The first-order chi connectivity index (χ1) is 12.9. The van der Waals surface area contributed by atoms with Gasteiger partial charge < -0.3 is 24.3 Å². The minimum absolute atomic E-state index is 0.447. The predicted octanol–water partition coefficient (Wildman–Crippen LogP) is 1.46. The summed E-state index contributed by atoms with van der Waals surface area (Å²) >= 11 is 0. The standard InChI is InChI=1S/C18H31N3O8/c1-15(2,3)28-13(24)20-21(14(25)29-16(4,5)6)18(12(23)26-9)10-27-17(7,8)19-11(18)22/h10H2,1-9H3,(H,19,22)(H,20,24)/t18-/m1/s1. The lowest BCUT2D eigenvalue weighted by atomic mass is 9.95. The molecule has 1 heterocycles. The van der Waals surface area contributed by atoms with Crippen molar-refractivity contribution in [2.45, 2.75) is 77.9 Å². The molecular formula is C18H31N3O8. The molecule has 3 amide bonds. The van der Waals surface area contributed by atoms with E-state index >= 15 is 0 Å². The lowest BCUT2D eigenvalue weighted by Gasteiger charge is -2.45. The fourth-order valence-corrected chi connectivity index (χ4v) is 2.34. The van der Waals surface area contributed by atoms with E-state index in [0.717, 1.165) is 7.11 Å². The van der Waals surface area contributed by atoms with Gasteiger partial charge in [0.1, 0.15) is 16.9 Å². The second-order valence-corrected chi connectivity index (χ2v) is 9.03. The molecule has 1 rings (SSSR count). The second-order valence-electron chi connectivity index (χ2n) is 9.03. The number of carbonyl (C=O) groups is 4. The Kier molecular flexibility index (Phi) is 6.80. The summed E-state index contributed by atoms with van der Waals surface area (Å²) in [6.45, 7) is 12.1. The van der Waals surface area contributed by atoms with Crippen LogP contribution in [0.3, 0.4) is 0 Å². The molecule has 0 bridgehead atoms. The minimum atomic E-state index is -2.37. The third-order valence-corrected chi connectivity index (χ3v) is 3.51. The molecule has 0 aromatic heterocycles. The fourth-order valence-electron chi connectivity index (χ4n) is 2.34. The Morgan fingerprint density at radius 3 is 2.00 bits per heavy atom. The van der Waals surface area contributed by atoms with Gasteiger partial charge in [-0.1, -0.05) is 0 Å². The molecule has 0 aromatic rings. The first kappa shape index (κ1) is 24.5. The van der Waals surface area contributed by atoms with Crippen molar-refractivity contribution in [1.29, 1.82) is 0 Å². The van der Waals surface area contributed by atoms with E-state index in [2.05, 4.69) is 10.7 Å². The summed E-state index contributed by atoms with van der Waals surface area (Å²) in [7, 11) is 1.04. The van der Waals surface area contributed by atoms with Crippen molar-refractivity contribution in [3.63, 3.8) is 0 Å². The molecule has 2 N–H and O–H groups in total. The van der Waals surface area contributed by atoms with E-state index in [1.54, 1.807) is 55.4 Å². The van der Waals surface area contributed by atoms with Crippen LogP contribution in [0.25, 0.3) is 0 Å². The number of amides is 3. The number of carbonyl (C=O) groups excluding carboxylic acids is 4. The van der Waals surface area contributed by atoms with E-state index < -0.39 is 53.1 Å². The van der Waals surface area contributed by atoms with Crippen molar-refractivity contribution >= 4 is 24.1 Å². The van der Waals surface area contributed by atoms with Gasteiger partial charge in [-0.2, -0.15) is 5.01 Å². The van der Waals surface area contributed by atoms with Crippen LogP contribution in [0.15, 0.2) is 0 Å². The number of nitrogens with zero attached hydrogens (tertiary/aromatic N) is 1. The van der Waals surface area contributed by atoms with Gasteiger partial charge in [0, 0.05) is 0 Å². The minimum Gasteiger partial charge on any atom is -0.467 e. The van der Waals surface area contributed by atoms with Gasteiger partial charge in [-0.3, -0.25) is 4.79 Å². The van der Waals surface area contributed by atoms with Gasteiger partial charge in [0.15, 0.2) is 0 Å². The summed E-state index contributed by atoms with van der Waals surface area (Å²) in [5.74, 6) is -2.05. The van der Waals surface area contributed by atoms with Gasteiger partial charge >= 0.3 is 18.2 Å². The summed E-state index contributed by atoms with van der Waals surface area (Å²) < 4.78 is 20.7. The fraction of sp³-hybridized carbons (Fsp3) is 0.778. The van der Waals surface area contributed by atoms with Crippen LogP contribution in [-0.2, 0) is 28.5 Å². The van der Waals surface area contributed by atoms with E-state index in [1.165, 1.54) is 0 Å². The molecule has 1 aliphatic heterocycles. The normalized spacial score (nSPS) is 21.5. The van der Waals surface area contributed by atoms with Crippen LogP contribution >= 0.6 is 0 Å². The Morgan fingerprint density at radius 2 is 1.59 bits per heavy atom. The monoisotopic (exact) mass is 417 g/mol.